The molecule has 0 fully saturated rings. The summed E-state index contributed by atoms with van der Waals surface area (Å²) >= 11 is 0. The number of hydrogen-bond donors (Lipinski definition) is 0. The van der Waals surface area contributed by atoms with Gasteiger partial charge < -0.3 is 9.47 Å². The summed E-state index contributed by atoms with van der Waals surface area (Å²) < 4.78 is 12.0. The van der Waals surface area contributed by atoms with Crippen LogP contribution in [0.15, 0.2) is 36.7 Å². The molecule has 0 amide bonds. The van der Waals surface area contributed by atoms with E-state index in [1.54, 1.807) is 42.3 Å². The normalized spacial score (nSPS) is 10.8. The minimum Gasteiger partial charge on any atom is -0.497 e. The molecule has 0 atom stereocenters. The van der Waals surface area contributed by atoms with Gasteiger partial charge in [-0.2, -0.15) is 5.10 Å². The van der Waals surface area contributed by atoms with Gasteiger partial charge in [-0.15, -0.1) is 0 Å². The first kappa shape index (κ1) is 13.9. The highest BCUT2D eigenvalue weighted by Gasteiger charge is 2.11. The zero-order chi connectivity index (χ0) is 14.5. The van der Waals surface area contributed by atoms with Crippen LogP contribution in [-0.4, -0.2) is 29.8 Å². The standard InChI is InChI=1S/C15H16N2O3/c1-17-10-11(9-16-17)4-6-14(18)13-8-12(19-2)5-7-15(13)20-3/h4-10H,1-3H3. The van der Waals surface area contributed by atoms with Crippen LogP contribution in [0.25, 0.3) is 6.08 Å². The fourth-order valence-electron chi connectivity index (χ4n) is 1.79. The van der Waals surface area contributed by atoms with Gasteiger partial charge in [0.05, 0.1) is 26.0 Å². The number of hydrogen-bond acceptors (Lipinski definition) is 4. The quantitative estimate of drug-likeness (QED) is 0.619. The number of methoxy groups -OCH3 is 2. The lowest BCUT2D eigenvalue weighted by Crippen LogP contribution is -1.99. The van der Waals surface area contributed by atoms with Gasteiger partial charge in [-0.1, -0.05) is 0 Å². The van der Waals surface area contributed by atoms with Gasteiger partial charge in [-0.3, -0.25) is 9.48 Å². The summed E-state index contributed by atoms with van der Waals surface area (Å²) in [6.45, 7) is 0. The van der Waals surface area contributed by atoms with Crippen LogP contribution >= 0.6 is 0 Å². The summed E-state index contributed by atoms with van der Waals surface area (Å²) in [6.07, 6.45) is 6.72. The van der Waals surface area contributed by atoms with Gasteiger partial charge >= 0.3 is 0 Å². The molecular weight excluding hydrogens is 256 g/mol. The summed E-state index contributed by atoms with van der Waals surface area (Å²) in [4.78, 5) is 12.2. The fourth-order valence-corrected chi connectivity index (χ4v) is 1.79. The average molecular weight is 272 g/mol. The van der Waals surface area contributed by atoms with Crippen LogP contribution in [0.5, 0.6) is 11.5 Å². The van der Waals surface area contributed by atoms with Crippen LogP contribution < -0.4 is 9.47 Å². The van der Waals surface area contributed by atoms with E-state index in [9.17, 15) is 4.79 Å². The third kappa shape index (κ3) is 3.06. The number of ether oxygens (including phenoxy) is 2. The molecule has 0 radical (unpaired) electrons. The van der Waals surface area contributed by atoms with Crippen molar-refractivity contribution < 1.29 is 14.3 Å². The highest BCUT2D eigenvalue weighted by atomic mass is 16.5. The second kappa shape index (κ2) is 6.06. The van der Waals surface area contributed by atoms with E-state index in [-0.39, 0.29) is 5.78 Å². The highest BCUT2D eigenvalue weighted by Crippen LogP contribution is 2.24. The zero-order valence-corrected chi connectivity index (χ0v) is 11.7. The van der Waals surface area contributed by atoms with Crippen LogP contribution in [0, 0.1) is 0 Å². The first-order chi connectivity index (χ1) is 9.63. The molecule has 0 N–H and O–H groups in total. The minimum absolute atomic E-state index is 0.149. The van der Waals surface area contributed by atoms with Crippen molar-refractivity contribution in [2.75, 3.05) is 14.2 Å². The molecule has 0 unspecified atom stereocenters. The van der Waals surface area contributed by atoms with Crippen LogP contribution in [0.3, 0.4) is 0 Å². The molecular formula is C15H16N2O3. The predicted octanol–water partition coefficient (Wildman–Crippen LogP) is 2.33. The Hall–Kier alpha value is -2.56. The summed E-state index contributed by atoms with van der Waals surface area (Å²) in [5.41, 5.74) is 1.33. The molecule has 2 aromatic rings. The Balaban J connectivity index is 2.26. The number of rotatable bonds is 5. The number of carbonyl (C=O) groups is 1. The molecule has 5 heteroatoms. The first-order valence-electron chi connectivity index (χ1n) is 6.07. The molecule has 0 aliphatic carbocycles. The predicted molar refractivity (Wildman–Crippen MR) is 76.1 cm³/mol. The van der Waals surface area contributed by atoms with Crippen molar-refractivity contribution in [2.45, 2.75) is 0 Å². The van der Waals surface area contributed by atoms with Crippen molar-refractivity contribution in [1.82, 2.24) is 9.78 Å². The molecule has 2 rings (SSSR count). The second-order valence-corrected chi connectivity index (χ2v) is 4.21. The Morgan fingerprint density at radius 1 is 1.30 bits per heavy atom. The van der Waals surface area contributed by atoms with Gasteiger partial charge in [-0.25, -0.2) is 0 Å². The SMILES string of the molecule is COc1ccc(OC)c(C(=O)C=Cc2cnn(C)c2)c1. The Labute approximate surface area is 117 Å². The number of aromatic nitrogens is 2. The summed E-state index contributed by atoms with van der Waals surface area (Å²) in [5.74, 6) is 0.986. The van der Waals surface area contributed by atoms with Crippen molar-refractivity contribution in [3.8, 4) is 11.5 Å². The van der Waals surface area contributed by atoms with Crippen molar-refractivity contribution in [3.05, 3.63) is 47.8 Å². The van der Waals surface area contributed by atoms with Gasteiger partial charge in [0.25, 0.3) is 0 Å². The molecule has 1 heterocycles. The van der Waals surface area contributed by atoms with Crippen LogP contribution in [-0.2, 0) is 7.05 Å². The number of carbonyl (C=O) groups excluding carboxylic acids is 1. The molecule has 0 bridgehead atoms. The van der Waals surface area contributed by atoms with Crippen LogP contribution in [0.4, 0.5) is 0 Å². The largest absolute Gasteiger partial charge is 0.497 e. The van der Waals surface area contributed by atoms with Crippen molar-refractivity contribution in [1.29, 1.82) is 0 Å². The van der Waals surface area contributed by atoms with Gasteiger partial charge in [0.1, 0.15) is 11.5 Å². The zero-order valence-electron chi connectivity index (χ0n) is 11.7. The third-order valence-corrected chi connectivity index (χ3v) is 2.82. The highest BCUT2D eigenvalue weighted by molar-refractivity contribution is 6.08. The summed E-state index contributed by atoms with van der Waals surface area (Å²) in [7, 11) is 4.91. The van der Waals surface area contributed by atoms with Crippen molar-refractivity contribution >= 4 is 11.9 Å². The smallest absolute Gasteiger partial charge is 0.189 e. The molecule has 0 saturated heterocycles. The molecule has 104 valence electrons. The van der Waals surface area contributed by atoms with Crippen LogP contribution in [0.1, 0.15) is 15.9 Å². The molecule has 0 aliphatic rings. The van der Waals surface area contributed by atoms with E-state index in [1.807, 2.05) is 13.2 Å². The summed E-state index contributed by atoms with van der Waals surface area (Å²) in [5, 5.41) is 4.04. The maximum Gasteiger partial charge on any atom is 0.189 e. The Kier molecular flexibility index (Phi) is 4.20. The van der Waals surface area contributed by atoms with E-state index in [0.717, 1.165) is 5.56 Å². The number of allylic oxidation sites excluding steroid dienone is 1. The lowest BCUT2D eigenvalue weighted by molar-refractivity contribution is 0.104. The monoisotopic (exact) mass is 272 g/mol. The lowest BCUT2D eigenvalue weighted by Gasteiger charge is -2.07. The number of aryl methyl sites for hydroxylation is 1. The van der Waals surface area contributed by atoms with E-state index in [1.165, 1.54) is 13.2 Å². The van der Waals surface area contributed by atoms with Gasteiger partial charge in [-0.05, 0) is 30.4 Å². The van der Waals surface area contributed by atoms with E-state index < -0.39 is 0 Å². The van der Waals surface area contributed by atoms with Crippen molar-refractivity contribution in [3.63, 3.8) is 0 Å². The first-order valence-corrected chi connectivity index (χ1v) is 6.07. The Morgan fingerprint density at radius 3 is 2.70 bits per heavy atom. The van der Waals surface area contributed by atoms with Gasteiger partial charge in [0.2, 0.25) is 0 Å². The van der Waals surface area contributed by atoms with Crippen LogP contribution in [0.2, 0.25) is 0 Å². The summed E-state index contributed by atoms with van der Waals surface area (Å²) in [6, 6.07) is 5.12. The molecule has 1 aromatic carbocycles. The topological polar surface area (TPSA) is 53.4 Å². The maximum absolute atomic E-state index is 12.2. The Morgan fingerprint density at radius 2 is 2.10 bits per heavy atom. The van der Waals surface area contributed by atoms with Crippen molar-refractivity contribution in [2.24, 2.45) is 7.05 Å². The van der Waals surface area contributed by atoms with Gasteiger partial charge in [0.15, 0.2) is 5.78 Å². The number of nitrogens with zero attached hydrogens (tertiary/aromatic N) is 2. The van der Waals surface area contributed by atoms with E-state index in [2.05, 4.69) is 5.10 Å². The van der Waals surface area contributed by atoms with E-state index in [0.29, 0.717) is 17.1 Å². The van der Waals surface area contributed by atoms with E-state index >= 15 is 0 Å². The number of benzene rings is 1. The maximum atomic E-state index is 12.2. The molecule has 1 aromatic heterocycles. The third-order valence-electron chi connectivity index (χ3n) is 2.82. The number of ketones is 1. The molecule has 0 spiro atoms. The second-order valence-electron chi connectivity index (χ2n) is 4.21. The Bertz CT molecular complexity index is 644. The lowest BCUT2D eigenvalue weighted by atomic mass is 10.1. The molecule has 20 heavy (non-hydrogen) atoms. The minimum atomic E-state index is -0.149. The molecule has 0 aliphatic heterocycles. The fraction of sp³-hybridized carbons (Fsp3) is 0.200. The molecule has 5 nitrogen and oxygen atoms in total. The van der Waals surface area contributed by atoms with Gasteiger partial charge in [0, 0.05) is 18.8 Å². The molecule has 0 saturated carbocycles. The van der Waals surface area contributed by atoms with E-state index in [4.69, 9.17) is 9.47 Å². The average Bonchev–Trinajstić information content (AvgIpc) is 2.89.